The van der Waals surface area contributed by atoms with Crippen LogP contribution in [0, 0.1) is 11.7 Å². The molecule has 0 fully saturated rings. The van der Waals surface area contributed by atoms with Crippen LogP contribution >= 0.6 is 15.9 Å². The molecule has 1 N–H and O–H groups in total. The number of alkyl halides is 1. The van der Waals surface area contributed by atoms with E-state index >= 15 is 0 Å². The Balaban J connectivity index is 2.89. The lowest BCUT2D eigenvalue weighted by Gasteiger charge is -2.19. The smallest absolute Gasteiger partial charge is 0.208 e. The zero-order valence-electron chi connectivity index (χ0n) is 9.65. The van der Waals surface area contributed by atoms with E-state index in [4.69, 9.17) is 0 Å². The van der Waals surface area contributed by atoms with Crippen LogP contribution < -0.4 is 4.72 Å². The van der Waals surface area contributed by atoms with Crippen LogP contribution in [0.1, 0.15) is 13.8 Å². The van der Waals surface area contributed by atoms with Gasteiger partial charge in [0, 0.05) is 11.4 Å². The molecule has 0 saturated heterocycles. The maximum absolute atomic E-state index is 13.0. The molecule has 17 heavy (non-hydrogen) atoms. The van der Waals surface area contributed by atoms with E-state index in [1.165, 1.54) is 18.2 Å². The third kappa shape index (κ3) is 4.04. The Labute approximate surface area is 110 Å². The third-order valence-electron chi connectivity index (χ3n) is 2.54. The van der Waals surface area contributed by atoms with Crippen molar-refractivity contribution in [3.63, 3.8) is 0 Å². The standard InChI is InChI=1S/C11H15BrFNO2S/c1-8(7-12)9(2)14-17(15,16)11-5-3-4-10(13)6-11/h3-6,8-9,14H,7H2,1-2H3. The third-order valence-corrected chi connectivity index (χ3v) is 5.12. The summed E-state index contributed by atoms with van der Waals surface area (Å²) in [5.41, 5.74) is 0. The minimum absolute atomic E-state index is 0.0499. The summed E-state index contributed by atoms with van der Waals surface area (Å²) in [6.07, 6.45) is 0. The second-order valence-corrected chi connectivity index (χ2v) is 6.36. The summed E-state index contributed by atoms with van der Waals surface area (Å²) in [5, 5.41) is 0.694. The van der Waals surface area contributed by atoms with Gasteiger partial charge in [-0.25, -0.2) is 17.5 Å². The van der Waals surface area contributed by atoms with E-state index in [9.17, 15) is 12.8 Å². The summed E-state index contributed by atoms with van der Waals surface area (Å²) in [6.45, 7) is 3.70. The van der Waals surface area contributed by atoms with Crippen LogP contribution in [0.5, 0.6) is 0 Å². The fourth-order valence-corrected chi connectivity index (χ4v) is 3.14. The number of nitrogens with one attached hydrogen (secondary N) is 1. The molecule has 6 heteroatoms. The summed E-state index contributed by atoms with van der Waals surface area (Å²) in [6, 6.07) is 4.75. The van der Waals surface area contributed by atoms with Gasteiger partial charge in [0.25, 0.3) is 0 Å². The molecule has 0 radical (unpaired) electrons. The molecule has 2 atom stereocenters. The minimum Gasteiger partial charge on any atom is -0.208 e. The molecule has 0 saturated carbocycles. The van der Waals surface area contributed by atoms with Crippen molar-refractivity contribution in [3.8, 4) is 0 Å². The van der Waals surface area contributed by atoms with E-state index in [2.05, 4.69) is 20.7 Å². The summed E-state index contributed by atoms with van der Waals surface area (Å²) in [4.78, 5) is -0.0499. The maximum Gasteiger partial charge on any atom is 0.240 e. The lowest BCUT2D eigenvalue weighted by Crippen LogP contribution is -2.37. The van der Waals surface area contributed by atoms with Gasteiger partial charge in [0.1, 0.15) is 5.82 Å². The van der Waals surface area contributed by atoms with Crippen LogP contribution in [0.3, 0.4) is 0 Å². The molecule has 0 heterocycles. The molecule has 0 aliphatic heterocycles. The molecule has 0 aromatic heterocycles. The van der Waals surface area contributed by atoms with Gasteiger partial charge in [0.2, 0.25) is 10.0 Å². The van der Waals surface area contributed by atoms with Crippen LogP contribution in [0.25, 0.3) is 0 Å². The van der Waals surface area contributed by atoms with E-state index in [0.717, 1.165) is 6.07 Å². The molecule has 96 valence electrons. The van der Waals surface area contributed by atoms with Crippen LogP contribution in [0.15, 0.2) is 29.2 Å². The topological polar surface area (TPSA) is 46.2 Å². The number of sulfonamides is 1. The molecule has 1 aromatic carbocycles. The quantitative estimate of drug-likeness (QED) is 0.846. The molecule has 0 aliphatic carbocycles. The molecule has 1 aromatic rings. The Hall–Kier alpha value is -0.460. The first kappa shape index (κ1) is 14.6. The fraction of sp³-hybridized carbons (Fsp3) is 0.455. The highest BCUT2D eigenvalue weighted by Gasteiger charge is 2.20. The molecule has 0 amide bonds. The van der Waals surface area contributed by atoms with Gasteiger partial charge in [-0.15, -0.1) is 0 Å². The highest BCUT2D eigenvalue weighted by atomic mass is 79.9. The summed E-state index contributed by atoms with van der Waals surface area (Å²) in [5.74, 6) is -0.410. The van der Waals surface area contributed by atoms with Gasteiger partial charge in [0.15, 0.2) is 0 Å². The number of hydrogen-bond acceptors (Lipinski definition) is 2. The SMILES string of the molecule is CC(CBr)C(C)NS(=O)(=O)c1cccc(F)c1. The number of hydrogen-bond donors (Lipinski definition) is 1. The van der Waals surface area contributed by atoms with Crippen molar-refractivity contribution in [2.24, 2.45) is 5.92 Å². The monoisotopic (exact) mass is 323 g/mol. The molecule has 0 bridgehead atoms. The lowest BCUT2D eigenvalue weighted by atomic mass is 10.1. The predicted octanol–water partition coefficient (Wildman–Crippen LogP) is 2.52. The zero-order chi connectivity index (χ0) is 13.1. The highest BCUT2D eigenvalue weighted by molar-refractivity contribution is 9.09. The Kier molecular flexibility index (Phi) is 5.09. The van der Waals surface area contributed by atoms with Gasteiger partial charge >= 0.3 is 0 Å². The lowest BCUT2D eigenvalue weighted by molar-refractivity contribution is 0.484. The number of benzene rings is 1. The van der Waals surface area contributed by atoms with Crippen molar-refractivity contribution in [1.29, 1.82) is 0 Å². The Morgan fingerprint density at radius 2 is 2.06 bits per heavy atom. The van der Waals surface area contributed by atoms with Gasteiger partial charge in [-0.3, -0.25) is 0 Å². The first-order valence-corrected chi connectivity index (χ1v) is 7.81. The first-order valence-electron chi connectivity index (χ1n) is 5.20. The van der Waals surface area contributed by atoms with Crippen molar-refractivity contribution < 1.29 is 12.8 Å². The van der Waals surface area contributed by atoms with Crippen molar-refractivity contribution in [2.45, 2.75) is 24.8 Å². The summed E-state index contributed by atoms with van der Waals surface area (Å²) in [7, 11) is -3.65. The van der Waals surface area contributed by atoms with E-state index in [1.54, 1.807) is 6.92 Å². The molecule has 2 unspecified atom stereocenters. The minimum atomic E-state index is -3.65. The van der Waals surface area contributed by atoms with E-state index in [-0.39, 0.29) is 16.9 Å². The largest absolute Gasteiger partial charge is 0.240 e. The van der Waals surface area contributed by atoms with Crippen LogP contribution in [0.2, 0.25) is 0 Å². The van der Waals surface area contributed by atoms with Crippen molar-refractivity contribution in [1.82, 2.24) is 4.72 Å². The average Bonchev–Trinajstić information content (AvgIpc) is 2.27. The number of rotatable bonds is 5. The van der Waals surface area contributed by atoms with Crippen molar-refractivity contribution >= 4 is 26.0 Å². The summed E-state index contributed by atoms with van der Waals surface area (Å²) >= 11 is 3.30. The van der Waals surface area contributed by atoms with Gasteiger partial charge in [-0.05, 0) is 31.0 Å². The van der Waals surface area contributed by atoms with Crippen LogP contribution in [-0.4, -0.2) is 19.8 Å². The highest BCUT2D eigenvalue weighted by Crippen LogP contribution is 2.13. The van der Waals surface area contributed by atoms with E-state index in [0.29, 0.717) is 5.33 Å². The predicted molar refractivity (Wildman–Crippen MR) is 69.1 cm³/mol. The van der Waals surface area contributed by atoms with Crippen molar-refractivity contribution in [2.75, 3.05) is 5.33 Å². The van der Waals surface area contributed by atoms with E-state index in [1.807, 2.05) is 6.92 Å². The Morgan fingerprint density at radius 3 is 2.59 bits per heavy atom. The molecular formula is C11H15BrFNO2S. The average molecular weight is 324 g/mol. The van der Waals surface area contributed by atoms with Gasteiger partial charge in [-0.2, -0.15) is 0 Å². The molecule has 0 aliphatic rings. The fourth-order valence-electron chi connectivity index (χ4n) is 1.20. The maximum atomic E-state index is 13.0. The second kappa shape index (κ2) is 5.93. The number of halogens is 2. The molecule has 0 spiro atoms. The van der Waals surface area contributed by atoms with Gasteiger partial charge < -0.3 is 0 Å². The zero-order valence-corrected chi connectivity index (χ0v) is 12.1. The van der Waals surface area contributed by atoms with Crippen molar-refractivity contribution in [3.05, 3.63) is 30.1 Å². The molecular weight excluding hydrogens is 309 g/mol. The van der Waals surface area contributed by atoms with Gasteiger partial charge in [-0.1, -0.05) is 28.9 Å². The van der Waals surface area contributed by atoms with Gasteiger partial charge in [0.05, 0.1) is 4.90 Å². The van der Waals surface area contributed by atoms with Crippen LogP contribution in [-0.2, 0) is 10.0 Å². The molecule has 1 rings (SSSR count). The normalized spacial score (nSPS) is 15.5. The second-order valence-electron chi connectivity index (χ2n) is 4.00. The summed E-state index contributed by atoms with van der Waals surface area (Å²) < 4.78 is 39.3. The Bertz CT molecular complexity index is 478. The first-order chi connectivity index (χ1) is 7.86. The Morgan fingerprint density at radius 1 is 1.41 bits per heavy atom. The van der Waals surface area contributed by atoms with E-state index < -0.39 is 15.8 Å². The van der Waals surface area contributed by atoms with Crippen LogP contribution in [0.4, 0.5) is 4.39 Å². The molecule has 3 nitrogen and oxygen atoms in total.